The quantitative estimate of drug-likeness (QED) is 0.440. The molecule has 8 nitrogen and oxygen atoms in total. The van der Waals surface area contributed by atoms with E-state index in [0.717, 1.165) is 31.4 Å². The molecule has 0 atom stereocenters. The highest BCUT2D eigenvalue weighted by Crippen LogP contribution is 2.47. The summed E-state index contributed by atoms with van der Waals surface area (Å²) in [5, 5.41) is 22.1. The van der Waals surface area contributed by atoms with Crippen LogP contribution < -0.4 is 0 Å². The molecular weight excluding hydrogens is 336 g/mol. The number of pyridine rings is 2. The minimum Gasteiger partial charge on any atom is -0.258 e. The summed E-state index contributed by atoms with van der Waals surface area (Å²) in [6.45, 7) is 0. The van der Waals surface area contributed by atoms with Crippen molar-refractivity contribution < 1.29 is 9.85 Å². The van der Waals surface area contributed by atoms with E-state index in [0.29, 0.717) is 0 Å². The largest absolute Gasteiger partial charge is 0.302 e. The summed E-state index contributed by atoms with van der Waals surface area (Å²) in [4.78, 5) is 28.5. The molecule has 2 rings (SSSR count). The number of aromatic nitrogens is 2. The second-order valence-corrected chi connectivity index (χ2v) is 7.28. The molecule has 0 spiro atoms. The van der Waals surface area contributed by atoms with Crippen molar-refractivity contribution in [2.24, 2.45) is 0 Å². The van der Waals surface area contributed by atoms with Crippen LogP contribution in [-0.4, -0.2) is 19.8 Å². The van der Waals surface area contributed by atoms with E-state index in [9.17, 15) is 20.2 Å². The summed E-state index contributed by atoms with van der Waals surface area (Å²) in [6.07, 6.45) is 2.90. The van der Waals surface area contributed by atoms with Crippen molar-refractivity contribution in [2.45, 2.75) is 10.1 Å². The fourth-order valence-electron chi connectivity index (χ4n) is 1.25. The Kier molecular flexibility index (Phi) is 5.36. The van der Waals surface area contributed by atoms with Gasteiger partial charge in [0.2, 0.25) is 0 Å². The average Bonchev–Trinajstić information content (AvgIpc) is 2.48. The molecule has 108 valence electrons. The van der Waals surface area contributed by atoms with Gasteiger partial charge in [-0.25, -0.2) is 9.97 Å². The van der Waals surface area contributed by atoms with Crippen LogP contribution in [0.15, 0.2) is 46.7 Å². The normalized spacial score (nSPS) is 10.3. The van der Waals surface area contributed by atoms with Gasteiger partial charge < -0.3 is 0 Å². The Morgan fingerprint density at radius 3 is 1.67 bits per heavy atom. The summed E-state index contributed by atoms with van der Waals surface area (Å²) in [6, 6.07) is 5.65. The number of nitrogens with zero attached hydrogens (tertiary/aromatic N) is 4. The van der Waals surface area contributed by atoms with Gasteiger partial charge in [-0.15, -0.1) is 0 Å². The zero-order valence-electron chi connectivity index (χ0n) is 10.1. The first-order chi connectivity index (χ1) is 10.1. The second-order valence-electron chi connectivity index (χ2n) is 3.40. The summed E-state index contributed by atoms with van der Waals surface area (Å²) in [5.74, 6) is 0. The Morgan fingerprint density at radius 2 is 1.29 bits per heavy atom. The third-order valence-electron chi connectivity index (χ3n) is 2.12. The maximum atomic E-state index is 10.8. The zero-order valence-corrected chi connectivity index (χ0v) is 12.6. The van der Waals surface area contributed by atoms with Crippen LogP contribution in [0.2, 0.25) is 0 Å². The van der Waals surface area contributed by atoms with Crippen molar-refractivity contribution in [3.05, 3.63) is 56.9 Å². The maximum Gasteiger partial charge on any atom is 0.302 e. The molecule has 2 aromatic heterocycles. The smallest absolute Gasteiger partial charge is 0.258 e. The van der Waals surface area contributed by atoms with E-state index in [1.807, 2.05) is 0 Å². The van der Waals surface area contributed by atoms with Crippen LogP contribution in [0.5, 0.6) is 0 Å². The third kappa shape index (κ3) is 4.06. The molecule has 2 aromatic rings. The molecule has 0 bridgehead atoms. The molecule has 2 heterocycles. The molecule has 0 aliphatic carbocycles. The SMILES string of the molecule is O=[N+]([O-])c1cccnc1SSSc1ncccc1[N+](=O)[O-]. The Labute approximate surface area is 129 Å². The first kappa shape index (κ1) is 15.5. The molecule has 21 heavy (non-hydrogen) atoms. The number of hydrogen-bond acceptors (Lipinski definition) is 9. The van der Waals surface area contributed by atoms with Gasteiger partial charge >= 0.3 is 11.4 Å². The molecule has 0 aliphatic heterocycles. The van der Waals surface area contributed by atoms with Gasteiger partial charge in [0.25, 0.3) is 0 Å². The fraction of sp³-hybridized carbons (Fsp3) is 0. The first-order valence-corrected chi connectivity index (χ1v) is 8.78. The Bertz CT molecular complexity index is 627. The van der Waals surface area contributed by atoms with Crippen molar-refractivity contribution in [3.63, 3.8) is 0 Å². The van der Waals surface area contributed by atoms with E-state index >= 15 is 0 Å². The summed E-state index contributed by atoms with van der Waals surface area (Å²) in [5.41, 5.74) is -0.211. The van der Waals surface area contributed by atoms with Crippen LogP contribution in [0, 0.1) is 20.2 Å². The van der Waals surface area contributed by atoms with E-state index < -0.39 is 9.85 Å². The third-order valence-corrected chi connectivity index (χ3v) is 5.78. The van der Waals surface area contributed by atoms with Gasteiger partial charge in [-0.05, 0) is 43.5 Å². The second kappa shape index (κ2) is 7.24. The molecule has 0 saturated carbocycles. The molecule has 0 amide bonds. The van der Waals surface area contributed by atoms with Gasteiger partial charge in [-0.1, -0.05) is 0 Å². The van der Waals surface area contributed by atoms with Crippen molar-refractivity contribution in [2.75, 3.05) is 0 Å². The minimum absolute atomic E-state index is 0.105. The minimum atomic E-state index is -0.524. The van der Waals surface area contributed by atoms with Crippen LogP contribution >= 0.6 is 31.4 Å². The lowest BCUT2D eigenvalue weighted by Crippen LogP contribution is -1.92. The highest BCUT2D eigenvalue weighted by Gasteiger charge is 2.18. The fourth-order valence-corrected chi connectivity index (χ4v) is 4.80. The molecule has 0 N–H and O–H groups in total. The lowest BCUT2D eigenvalue weighted by atomic mass is 10.4. The van der Waals surface area contributed by atoms with Gasteiger partial charge in [-0.2, -0.15) is 0 Å². The van der Waals surface area contributed by atoms with E-state index in [2.05, 4.69) is 9.97 Å². The van der Waals surface area contributed by atoms with E-state index in [1.54, 1.807) is 0 Å². The summed E-state index contributed by atoms with van der Waals surface area (Å²) in [7, 11) is 3.23. The van der Waals surface area contributed by atoms with Crippen molar-refractivity contribution in [1.29, 1.82) is 0 Å². The number of rotatable bonds is 6. The molecule has 11 heteroatoms. The molecule has 0 aliphatic rings. The zero-order chi connectivity index (χ0) is 15.2. The molecule has 0 saturated heterocycles. The standard InChI is InChI=1S/C10H6N4O4S3/c15-13(16)7-3-1-5-11-9(7)19-21-20-10-8(14(17)18)4-2-6-12-10/h1-6H. The predicted molar refractivity (Wildman–Crippen MR) is 81.1 cm³/mol. The summed E-state index contributed by atoms with van der Waals surface area (Å²) < 4.78 is 0. The van der Waals surface area contributed by atoms with Crippen molar-refractivity contribution in [1.82, 2.24) is 9.97 Å². The monoisotopic (exact) mass is 342 g/mol. The van der Waals surface area contributed by atoms with Crippen molar-refractivity contribution in [3.8, 4) is 0 Å². The van der Waals surface area contributed by atoms with E-state index in [-0.39, 0.29) is 21.4 Å². The van der Waals surface area contributed by atoms with Crippen LogP contribution in [0.1, 0.15) is 0 Å². The molecule has 0 unspecified atom stereocenters. The Balaban J connectivity index is 2.06. The highest BCUT2D eigenvalue weighted by atomic mass is 33.5. The van der Waals surface area contributed by atoms with Gasteiger partial charge in [0, 0.05) is 24.5 Å². The number of hydrogen-bond donors (Lipinski definition) is 0. The maximum absolute atomic E-state index is 10.8. The van der Waals surface area contributed by atoms with Gasteiger partial charge in [0.05, 0.1) is 9.85 Å². The molecule has 0 radical (unpaired) electrons. The van der Waals surface area contributed by atoms with Crippen molar-refractivity contribution >= 4 is 42.8 Å². The van der Waals surface area contributed by atoms with Gasteiger partial charge in [0.15, 0.2) is 10.1 Å². The Hall–Kier alpha value is -1.85. The van der Waals surface area contributed by atoms with Crippen LogP contribution in [-0.2, 0) is 0 Å². The van der Waals surface area contributed by atoms with Crippen LogP contribution in [0.4, 0.5) is 11.4 Å². The predicted octanol–water partition coefficient (Wildman–Crippen LogP) is 3.74. The topological polar surface area (TPSA) is 112 Å². The lowest BCUT2D eigenvalue weighted by Gasteiger charge is -2.01. The van der Waals surface area contributed by atoms with Crippen LogP contribution in [0.3, 0.4) is 0 Å². The molecular formula is C10H6N4O4S3. The lowest BCUT2D eigenvalue weighted by molar-refractivity contribution is -0.388. The number of nitro groups is 2. The molecule has 0 aromatic carbocycles. The highest BCUT2D eigenvalue weighted by molar-refractivity contribution is 9.09. The van der Waals surface area contributed by atoms with Gasteiger partial charge in [0.1, 0.15) is 0 Å². The first-order valence-electron chi connectivity index (χ1n) is 5.29. The summed E-state index contributed by atoms with van der Waals surface area (Å²) >= 11 is 0. The Morgan fingerprint density at radius 1 is 0.857 bits per heavy atom. The van der Waals surface area contributed by atoms with Gasteiger partial charge in [-0.3, -0.25) is 20.2 Å². The van der Waals surface area contributed by atoms with Crippen LogP contribution in [0.25, 0.3) is 0 Å². The molecule has 0 fully saturated rings. The van der Waals surface area contributed by atoms with E-state index in [1.165, 1.54) is 36.7 Å². The van der Waals surface area contributed by atoms with E-state index in [4.69, 9.17) is 0 Å². The average molecular weight is 342 g/mol.